The molecule has 598 valence electrons. The van der Waals surface area contributed by atoms with Crippen LogP contribution in [0.5, 0.6) is 0 Å². The number of halogens is 14. The fraction of sp³-hybridized carbons (Fsp3) is 0.468. The summed E-state index contributed by atoms with van der Waals surface area (Å²) in [6.45, 7) is 15.9. The lowest BCUT2D eigenvalue weighted by molar-refractivity contribution is 0.436. The third kappa shape index (κ3) is 27.5. The number of anilines is 2. The fourth-order valence-corrected chi connectivity index (χ4v) is 20.3. The van der Waals surface area contributed by atoms with E-state index in [2.05, 4.69) is 118 Å². The van der Waals surface area contributed by atoms with Crippen molar-refractivity contribution < 1.29 is 43.9 Å². The van der Waals surface area contributed by atoms with Gasteiger partial charge in [0, 0.05) is 38.9 Å². The average molecular weight is 2100 g/mol. The van der Waals surface area contributed by atoms with E-state index >= 15 is 8.78 Å². The molecule has 7 heterocycles. The quantitative estimate of drug-likeness (QED) is 0.0104. The molecule has 12 aromatic rings. The number of aryl methyl sites for hydroxylation is 1. The molecule has 0 saturated heterocycles. The van der Waals surface area contributed by atoms with Crippen molar-refractivity contribution >= 4 is 227 Å². The van der Waals surface area contributed by atoms with Crippen LogP contribution < -0.4 is 11.5 Å². The van der Waals surface area contributed by atoms with Crippen LogP contribution in [0.1, 0.15) is 217 Å². The first-order chi connectivity index (χ1) is 52.9. The third-order valence-corrected chi connectivity index (χ3v) is 27.8. The van der Waals surface area contributed by atoms with E-state index in [1.165, 1.54) is 186 Å². The molecular weight excluding hydrogens is 2010 g/mol. The number of hydrogen-bond donors (Lipinski definition) is 2. The molecule has 0 spiro atoms. The number of nitrogen functional groups attached to an aromatic ring is 2. The van der Waals surface area contributed by atoms with Gasteiger partial charge >= 0.3 is 0 Å². The standard InChI is InChI=1S/C38H54F2N2S3.C17H30S.2C6F2I2N2S.C6H2F2N2S.C6H6F2N2/c1-5-9-11-13-15-17-19-27(7-3)21-29-23-31(43-25-29)33-35(39)36(40)34(38-37(33)41-45-42-38)32-24-30(26-44-32)22-28(8-4)20-18-16-14-12-10-6-2;1-4-6-7-8-9-10-11-16(5-2)13-17-12-15(3)18-14-17;2*7-1-2(8)4(10)6-5(3(1)9)11-13-12-6;7-3-1-5-6(2-4(3)8)10-11-9-5;7-3-1-5(9)6(10)2-4(3)8/h23-28H,5-22H2,1-4H3;12,14,16H,4-11,13H2,1-3H3;;;1-2H;1-2H,9-10H2. The molecule has 0 amide bonds. The number of hydrogen-bond acceptors (Lipinski definition) is 17. The van der Waals surface area contributed by atoms with Crippen LogP contribution in [-0.4, -0.2) is 35.0 Å². The third-order valence-electron chi connectivity index (χ3n) is 18.8. The Labute approximate surface area is 722 Å². The predicted molar refractivity (Wildman–Crippen MR) is 477 cm³/mol. The zero-order valence-electron chi connectivity index (χ0n) is 62.5. The number of nitrogens with zero attached hydrogens (tertiary/aromatic N) is 8. The summed E-state index contributed by atoms with van der Waals surface area (Å²) < 4.78 is 167. The first-order valence-corrected chi connectivity index (χ1v) is 47.1. The highest BCUT2D eigenvalue weighted by molar-refractivity contribution is 14.1. The van der Waals surface area contributed by atoms with Gasteiger partial charge in [0.2, 0.25) is 0 Å². The van der Waals surface area contributed by atoms with Gasteiger partial charge in [0.15, 0.2) is 58.2 Å². The van der Waals surface area contributed by atoms with E-state index in [9.17, 15) is 35.1 Å². The van der Waals surface area contributed by atoms with Crippen LogP contribution in [0.25, 0.3) is 65.0 Å². The van der Waals surface area contributed by atoms with Crippen molar-refractivity contribution in [1.82, 2.24) is 35.0 Å². The lowest BCUT2D eigenvalue weighted by Crippen LogP contribution is -2.03. The Bertz CT molecular complexity index is 4430. The fourth-order valence-electron chi connectivity index (χ4n) is 12.3. The number of benzene rings is 5. The molecule has 0 aliphatic rings. The van der Waals surface area contributed by atoms with Crippen LogP contribution in [0.3, 0.4) is 0 Å². The molecule has 3 unspecified atom stereocenters. The summed E-state index contributed by atoms with van der Waals surface area (Å²) in [7, 11) is 0. The van der Waals surface area contributed by atoms with Gasteiger partial charge in [0.1, 0.15) is 44.1 Å². The van der Waals surface area contributed by atoms with Crippen molar-refractivity contribution in [2.75, 3.05) is 11.5 Å². The maximum absolute atomic E-state index is 16.0. The minimum absolute atomic E-state index is 0.0545. The van der Waals surface area contributed by atoms with E-state index in [0.29, 0.717) is 56.0 Å². The topological polar surface area (TPSA) is 155 Å². The van der Waals surface area contributed by atoms with Crippen molar-refractivity contribution in [2.45, 2.75) is 222 Å². The maximum Gasteiger partial charge on any atom is 0.175 e. The van der Waals surface area contributed by atoms with Crippen molar-refractivity contribution in [3.8, 4) is 20.9 Å². The molecule has 0 radical (unpaired) electrons. The van der Waals surface area contributed by atoms with E-state index in [-0.39, 0.29) is 36.8 Å². The van der Waals surface area contributed by atoms with Crippen LogP contribution in [-0.2, 0) is 19.3 Å². The van der Waals surface area contributed by atoms with Crippen LogP contribution in [0.15, 0.2) is 58.6 Å². The minimum Gasteiger partial charge on any atom is -0.397 e. The Hall–Kier alpha value is -3.70. The number of nitrogens with two attached hydrogens (primary N) is 2. The Balaban J connectivity index is 0.000000209. The predicted octanol–water partition coefficient (Wildman–Crippen LogP) is 29.9. The SMILES string of the molecule is CCCCCCCCC(CC)Cc1csc(-c2c(F)c(F)c(-c3cc(CC(CC)CCCCCCCC)cs3)c3nsnc23)c1.CCCCCCCCC(CC)Cc1csc(C)c1.Fc1c(F)c(I)c2nsnc2c1I.Fc1c(F)c(I)c2nsnc2c1I.Fc1cc2nsnc2cc1F.Nc1cc(F)c(F)cc1N. The molecule has 5 aromatic carbocycles. The number of unbranched alkanes of at least 4 members (excludes halogenated alkanes) is 15. The molecule has 31 heteroatoms. The van der Waals surface area contributed by atoms with Crippen LogP contribution in [0.2, 0.25) is 0 Å². The zero-order chi connectivity index (χ0) is 80.0. The Morgan fingerprint density at radius 1 is 0.327 bits per heavy atom. The summed E-state index contributed by atoms with van der Waals surface area (Å²) in [5, 5.41) is 6.59. The lowest BCUT2D eigenvalue weighted by Gasteiger charge is -2.14. The van der Waals surface area contributed by atoms with Crippen molar-refractivity contribution in [3.05, 3.63) is 153 Å². The van der Waals surface area contributed by atoms with Crippen molar-refractivity contribution in [1.29, 1.82) is 0 Å². The van der Waals surface area contributed by atoms with Gasteiger partial charge in [-0.25, -0.2) is 43.9 Å². The summed E-state index contributed by atoms with van der Waals surface area (Å²) in [6.07, 6.45) is 35.0. The maximum atomic E-state index is 16.0. The summed E-state index contributed by atoms with van der Waals surface area (Å²) in [4.78, 5) is 2.94. The first-order valence-electron chi connectivity index (χ1n) is 37.2. The molecule has 0 fully saturated rings. The van der Waals surface area contributed by atoms with E-state index in [0.717, 1.165) is 113 Å². The van der Waals surface area contributed by atoms with Gasteiger partial charge in [0.25, 0.3) is 0 Å². The summed E-state index contributed by atoms with van der Waals surface area (Å²) >= 11 is 15.7. The van der Waals surface area contributed by atoms with E-state index in [4.69, 9.17) is 11.5 Å². The van der Waals surface area contributed by atoms with Gasteiger partial charge in [0.05, 0.1) is 83.7 Å². The summed E-state index contributed by atoms with van der Waals surface area (Å²) in [5.41, 5.74) is 18.4. The molecule has 0 aliphatic heterocycles. The molecule has 4 N–H and O–H groups in total. The first kappa shape index (κ1) is 93.5. The molecule has 110 heavy (non-hydrogen) atoms. The van der Waals surface area contributed by atoms with Gasteiger partial charge in [-0.05, 0) is 185 Å². The highest BCUT2D eigenvalue weighted by Crippen LogP contribution is 2.44. The second-order valence-corrected chi connectivity index (χ2v) is 36.4. The Kier molecular flexibility index (Phi) is 41.4. The Morgan fingerprint density at radius 3 is 0.900 bits per heavy atom. The number of rotatable bonds is 32. The largest absolute Gasteiger partial charge is 0.397 e. The second-order valence-electron chi connectivity index (χ2n) is 27.0. The van der Waals surface area contributed by atoms with E-state index < -0.39 is 58.2 Å². The molecule has 0 saturated carbocycles. The molecular formula is C79H92F10I4N10S7. The molecule has 7 aromatic heterocycles. The minimum atomic E-state index is -0.980. The lowest BCUT2D eigenvalue weighted by atomic mass is 9.92. The van der Waals surface area contributed by atoms with Gasteiger partial charge in [-0.3, -0.25) is 0 Å². The molecule has 0 bridgehead atoms. The number of fused-ring (bicyclic) bond motifs is 4. The Morgan fingerprint density at radius 2 is 0.600 bits per heavy atom. The van der Waals surface area contributed by atoms with Crippen LogP contribution >= 0.6 is 171 Å². The molecule has 0 aliphatic carbocycles. The van der Waals surface area contributed by atoms with E-state index in [1.807, 2.05) is 11.3 Å². The number of thiophene rings is 3. The van der Waals surface area contributed by atoms with Gasteiger partial charge in [-0.15, -0.1) is 34.0 Å². The van der Waals surface area contributed by atoms with Crippen molar-refractivity contribution in [3.63, 3.8) is 0 Å². The second kappa shape index (κ2) is 48.7. The monoisotopic (exact) mass is 2100 g/mol. The van der Waals surface area contributed by atoms with E-state index in [1.54, 1.807) is 95.9 Å². The van der Waals surface area contributed by atoms with Gasteiger partial charge in [-0.1, -0.05) is 196 Å². The van der Waals surface area contributed by atoms with Crippen LogP contribution in [0.4, 0.5) is 55.3 Å². The van der Waals surface area contributed by atoms with Gasteiger partial charge in [-0.2, -0.15) is 35.0 Å². The molecule has 12 rings (SSSR count). The average Bonchev–Trinajstić information content (AvgIpc) is 1.54. The molecule has 10 nitrogen and oxygen atoms in total. The highest BCUT2D eigenvalue weighted by atomic mass is 127. The number of aromatic nitrogens is 8. The van der Waals surface area contributed by atoms with Crippen molar-refractivity contribution in [2.24, 2.45) is 17.8 Å². The summed E-state index contributed by atoms with van der Waals surface area (Å²) in [5.74, 6) is -6.56. The normalized spacial score (nSPS) is 12.1. The summed E-state index contributed by atoms with van der Waals surface area (Å²) in [6, 6.07) is 10.3. The zero-order valence-corrected chi connectivity index (χ0v) is 76.8. The molecule has 3 atom stereocenters. The smallest absolute Gasteiger partial charge is 0.175 e. The highest BCUT2D eigenvalue weighted by Gasteiger charge is 2.28. The van der Waals surface area contributed by atoms with Crippen LogP contribution in [0, 0.1) is 97.1 Å². The van der Waals surface area contributed by atoms with Gasteiger partial charge < -0.3 is 11.5 Å².